The van der Waals surface area contributed by atoms with E-state index in [4.69, 9.17) is 4.74 Å². The van der Waals surface area contributed by atoms with Crippen molar-refractivity contribution < 1.29 is 14.3 Å². The molecule has 0 saturated carbocycles. The average Bonchev–Trinajstić information content (AvgIpc) is 3.38. The fourth-order valence-electron chi connectivity index (χ4n) is 2.95. The number of hydrogen-bond donors (Lipinski definition) is 1. The van der Waals surface area contributed by atoms with Gasteiger partial charge in [-0.2, -0.15) is 0 Å². The van der Waals surface area contributed by atoms with E-state index in [2.05, 4.69) is 9.97 Å². The third-order valence-electron chi connectivity index (χ3n) is 4.15. The fraction of sp³-hybridized carbons (Fsp3) is 0.150. The number of nitrogens with one attached hydrogen (secondary N) is 1. The Balaban J connectivity index is 1.39. The third-order valence-corrected chi connectivity index (χ3v) is 6.08. The van der Waals surface area contributed by atoms with Crippen molar-refractivity contribution in [3.8, 4) is 9.88 Å². The summed E-state index contributed by atoms with van der Waals surface area (Å²) < 4.78 is 5.20. The monoisotopic (exact) mass is 396 g/mol. The molecule has 0 aliphatic carbocycles. The predicted molar refractivity (Wildman–Crippen MR) is 107 cm³/mol. The predicted octanol–water partition coefficient (Wildman–Crippen LogP) is 4.63. The zero-order valence-electron chi connectivity index (χ0n) is 14.5. The van der Waals surface area contributed by atoms with Gasteiger partial charge < -0.3 is 9.72 Å². The number of para-hydroxylation sites is 1. The molecule has 0 fully saturated rings. The minimum atomic E-state index is -0.455. The van der Waals surface area contributed by atoms with Gasteiger partial charge in [-0.15, -0.1) is 22.7 Å². The van der Waals surface area contributed by atoms with Gasteiger partial charge in [-0.25, -0.2) is 4.98 Å². The summed E-state index contributed by atoms with van der Waals surface area (Å²) in [4.78, 5) is 33.4. The molecule has 0 atom stereocenters. The quantitative estimate of drug-likeness (QED) is 0.381. The Morgan fingerprint density at radius 2 is 2.00 bits per heavy atom. The summed E-state index contributed by atoms with van der Waals surface area (Å²) in [6.07, 6.45) is 0.0576. The Labute approximate surface area is 163 Å². The van der Waals surface area contributed by atoms with E-state index >= 15 is 0 Å². The van der Waals surface area contributed by atoms with Crippen LogP contribution in [0, 0.1) is 6.92 Å². The van der Waals surface area contributed by atoms with Gasteiger partial charge in [0, 0.05) is 27.5 Å². The first-order valence-corrected chi connectivity index (χ1v) is 10.1. The molecule has 0 unspecified atom stereocenters. The Hall–Kier alpha value is -2.77. The molecule has 5 nitrogen and oxygen atoms in total. The van der Waals surface area contributed by atoms with Gasteiger partial charge in [0.15, 0.2) is 6.61 Å². The molecular weight excluding hydrogens is 380 g/mol. The van der Waals surface area contributed by atoms with Gasteiger partial charge in [0.2, 0.25) is 5.78 Å². The smallest absolute Gasteiger partial charge is 0.312 e. The number of esters is 1. The standard InChI is InChI=1S/C20H16N2O3S2/c1-12-19(14-5-2-3-6-15(14)21-12)16(23)10-25-18(24)9-13-11-27-20(22-13)17-7-4-8-26-17/h2-8,11,21H,9-10H2,1H3. The summed E-state index contributed by atoms with van der Waals surface area (Å²) in [7, 11) is 0. The maximum Gasteiger partial charge on any atom is 0.312 e. The number of aromatic amines is 1. The number of benzene rings is 1. The van der Waals surface area contributed by atoms with Crippen LogP contribution in [-0.2, 0) is 16.0 Å². The van der Waals surface area contributed by atoms with Crippen LogP contribution in [0.15, 0.2) is 47.2 Å². The summed E-state index contributed by atoms with van der Waals surface area (Å²) >= 11 is 3.10. The average molecular weight is 396 g/mol. The Kier molecular flexibility index (Phi) is 4.87. The minimum Gasteiger partial charge on any atom is -0.457 e. The zero-order valence-corrected chi connectivity index (χ0v) is 16.2. The molecule has 0 aliphatic rings. The van der Waals surface area contributed by atoms with E-state index in [1.54, 1.807) is 11.3 Å². The van der Waals surface area contributed by atoms with E-state index in [9.17, 15) is 9.59 Å². The first-order chi connectivity index (χ1) is 13.1. The summed E-state index contributed by atoms with van der Waals surface area (Å²) in [5.74, 6) is -0.667. The van der Waals surface area contributed by atoms with Crippen LogP contribution in [0.3, 0.4) is 0 Å². The van der Waals surface area contributed by atoms with Crippen LogP contribution >= 0.6 is 22.7 Å². The van der Waals surface area contributed by atoms with Crippen LogP contribution in [0.2, 0.25) is 0 Å². The Morgan fingerprint density at radius 1 is 1.15 bits per heavy atom. The highest BCUT2D eigenvalue weighted by Crippen LogP contribution is 2.28. The molecule has 0 spiro atoms. The number of carbonyl (C=O) groups excluding carboxylic acids is 2. The number of carbonyl (C=O) groups is 2. The van der Waals surface area contributed by atoms with Crippen molar-refractivity contribution in [1.29, 1.82) is 0 Å². The normalized spacial score (nSPS) is 11.0. The lowest BCUT2D eigenvalue weighted by Gasteiger charge is -2.04. The second-order valence-corrected chi connectivity index (χ2v) is 7.86. The van der Waals surface area contributed by atoms with Crippen LogP contribution < -0.4 is 0 Å². The van der Waals surface area contributed by atoms with Crippen molar-refractivity contribution in [3.05, 3.63) is 64.1 Å². The number of thiophene rings is 1. The van der Waals surface area contributed by atoms with Gasteiger partial charge in [0.1, 0.15) is 5.01 Å². The van der Waals surface area contributed by atoms with Crippen LogP contribution in [0.25, 0.3) is 20.8 Å². The number of ether oxygens (including phenoxy) is 1. The van der Waals surface area contributed by atoms with Crippen LogP contribution in [-0.4, -0.2) is 28.3 Å². The van der Waals surface area contributed by atoms with Crippen LogP contribution in [0.5, 0.6) is 0 Å². The second-order valence-electron chi connectivity index (χ2n) is 6.05. The van der Waals surface area contributed by atoms with Crippen molar-refractivity contribution in [2.75, 3.05) is 6.61 Å². The summed E-state index contributed by atoms with van der Waals surface area (Å²) in [6.45, 7) is 1.57. The van der Waals surface area contributed by atoms with E-state index in [1.807, 2.05) is 54.1 Å². The van der Waals surface area contributed by atoms with Crippen molar-refractivity contribution >= 4 is 45.3 Å². The highest BCUT2D eigenvalue weighted by Gasteiger charge is 2.18. The second kappa shape index (κ2) is 7.46. The summed E-state index contributed by atoms with van der Waals surface area (Å²) in [5.41, 5.74) is 2.90. The molecule has 136 valence electrons. The van der Waals surface area contributed by atoms with Gasteiger partial charge in [-0.1, -0.05) is 24.3 Å². The van der Waals surface area contributed by atoms with E-state index in [0.717, 1.165) is 26.5 Å². The van der Waals surface area contributed by atoms with Gasteiger partial charge in [0.25, 0.3) is 0 Å². The van der Waals surface area contributed by atoms with Crippen molar-refractivity contribution in [3.63, 3.8) is 0 Å². The molecule has 1 N–H and O–H groups in total. The molecule has 0 bridgehead atoms. The molecule has 0 saturated heterocycles. The molecule has 7 heteroatoms. The maximum absolute atomic E-state index is 12.5. The largest absolute Gasteiger partial charge is 0.457 e. The van der Waals surface area contributed by atoms with E-state index in [-0.39, 0.29) is 18.8 Å². The topological polar surface area (TPSA) is 72.1 Å². The summed E-state index contributed by atoms with van der Waals surface area (Å²) in [5, 5.41) is 5.57. The molecular formula is C20H16N2O3S2. The molecule has 1 aromatic carbocycles. The number of nitrogens with zero attached hydrogens (tertiary/aromatic N) is 1. The lowest BCUT2D eigenvalue weighted by atomic mass is 10.1. The molecule has 0 radical (unpaired) electrons. The van der Waals surface area contributed by atoms with Gasteiger partial charge >= 0.3 is 5.97 Å². The van der Waals surface area contributed by atoms with Crippen LogP contribution in [0.1, 0.15) is 21.7 Å². The number of H-pyrrole nitrogens is 1. The number of hydrogen-bond acceptors (Lipinski definition) is 6. The van der Waals surface area contributed by atoms with Crippen molar-refractivity contribution in [2.24, 2.45) is 0 Å². The number of thiazole rings is 1. The fourth-order valence-corrected chi connectivity index (χ4v) is 4.59. The first kappa shape index (κ1) is 17.6. The zero-order chi connectivity index (χ0) is 18.8. The molecule has 0 aliphatic heterocycles. The SMILES string of the molecule is Cc1[nH]c2ccccc2c1C(=O)COC(=O)Cc1csc(-c2cccs2)n1. The molecule has 3 heterocycles. The summed E-state index contributed by atoms with van der Waals surface area (Å²) in [6, 6.07) is 11.5. The number of ketones is 1. The third kappa shape index (κ3) is 3.70. The van der Waals surface area contributed by atoms with E-state index < -0.39 is 5.97 Å². The van der Waals surface area contributed by atoms with Gasteiger partial charge in [-0.3, -0.25) is 9.59 Å². The molecule has 0 amide bonds. The Bertz CT molecular complexity index is 1110. The lowest BCUT2D eigenvalue weighted by Crippen LogP contribution is -2.16. The molecule has 3 aromatic heterocycles. The highest BCUT2D eigenvalue weighted by atomic mass is 32.1. The number of Topliss-reactive ketones (excluding diaryl/α,β-unsaturated/α-hetero) is 1. The molecule has 4 aromatic rings. The van der Waals surface area contributed by atoms with Crippen molar-refractivity contribution in [1.82, 2.24) is 9.97 Å². The number of aromatic nitrogens is 2. The maximum atomic E-state index is 12.5. The highest BCUT2D eigenvalue weighted by molar-refractivity contribution is 7.20. The molecule has 4 rings (SSSR count). The minimum absolute atomic E-state index is 0.0576. The number of aryl methyl sites for hydroxylation is 1. The number of fused-ring (bicyclic) bond motifs is 1. The van der Waals surface area contributed by atoms with Crippen molar-refractivity contribution in [2.45, 2.75) is 13.3 Å². The molecule has 27 heavy (non-hydrogen) atoms. The number of rotatable bonds is 6. The van der Waals surface area contributed by atoms with Crippen LogP contribution in [0.4, 0.5) is 0 Å². The van der Waals surface area contributed by atoms with E-state index in [0.29, 0.717) is 11.3 Å². The van der Waals surface area contributed by atoms with E-state index in [1.165, 1.54) is 11.3 Å². The lowest BCUT2D eigenvalue weighted by molar-refractivity contribution is -0.141. The Morgan fingerprint density at radius 3 is 2.81 bits per heavy atom. The van der Waals surface area contributed by atoms with Gasteiger partial charge in [-0.05, 0) is 24.4 Å². The van der Waals surface area contributed by atoms with Gasteiger partial charge in [0.05, 0.1) is 17.0 Å². The first-order valence-electron chi connectivity index (χ1n) is 8.36.